The Morgan fingerprint density at radius 1 is 0.833 bits per heavy atom. The standard InChI is InChI=1S/C16H13F6NO/c17-15(18,19)11-6-12(16(20,21)22)8-13(7-11)24-9-14(23)10-4-2-1-3-5-10/h1-8,14H,9,23H2. The van der Waals surface area contributed by atoms with Crippen LogP contribution in [0.4, 0.5) is 26.3 Å². The molecule has 2 N–H and O–H groups in total. The van der Waals surface area contributed by atoms with Crippen molar-refractivity contribution in [2.45, 2.75) is 18.4 Å². The van der Waals surface area contributed by atoms with Crippen LogP contribution in [0.2, 0.25) is 0 Å². The maximum atomic E-state index is 12.8. The van der Waals surface area contributed by atoms with E-state index >= 15 is 0 Å². The Bertz CT molecular complexity index is 649. The zero-order valence-corrected chi connectivity index (χ0v) is 12.2. The van der Waals surface area contributed by atoms with E-state index in [9.17, 15) is 26.3 Å². The normalized spacial score (nSPS) is 13.6. The Kier molecular flexibility index (Phi) is 5.08. The lowest BCUT2D eigenvalue weighted by atomic mass is 10.1. The second kappa shape index (κ2) is 6.72. The highest BCUT2D eigenvalue weighted by atomic mass is 19.4. The molecule has 0 amide bonds. The maximum Gasteiger partial charge on any atom is 0.416 e. The first-order valence-corrected chi connectivity index (χ1v) is 6.80. The molecular formula is C16H13F6NO. The molecule has 0 bridgehead atoms. The highest BCUT2D eigenvalue weighted by Gasteiger charge is 2.37. The fourth-order valence-electron chi connectivity index (χ4n) is 1.99. The van der Waals surface area contributed by atoms with Gasteiger partial charge in [-0.05, 0) is 23.8 Å². The summed E-state index contributed by atoms with van der Waals surface area (Å²) >= 11 is 0. The first-order valence-electron chi connectivity index (χ1n) is 6.80. The van der Waals surface area contributed by atoms with Crippen molar-refractivity contribution in [1.29, 1.82) is 0 Å². The summed E-state index contributed by atoms with van der Waals surface area (Å²) in [5, 5.41) is 0. The van der Waals surface area contributed by atoms with E-state index in [0.29, 0.717) is 17.7 Å². The van der Waals surface area contributed by atoms with Crippen LogP contribution in [0.15, 0.2) is 48.5 Å². The number of halogens is 6. The molecule has 2 aromatic carbocycles. The molecule has 1 unspecified atom stereocenters. The predicted molar refractivity (Wildman–Crippen MR) is 75.3 cm³/mol. The first-order chi connectivity index (χ1) is 11.1. The minimum absolute atomic E-state index is 0.0456. The zero-order valence-electron chi connectivity index (χ0n) is 12.2. The molecular weight excluding hydrogens is 336 g/mol. The third-order valence-electron chi connectivity index (χ3n) is 3.22. The molecule has 8 heteroatoms. The van der Waals surface area contributed by atoms with Crippen LogP contribution in [-0.2, 0) is 12.4 Å². The lowest BCUT2D eigenvalue weighted by molar-refractivity contribution is -0.143. The minimum Gasteiger partial charge on any atom is -0.492 e. The fraction of sp³-hybridized carbons (Fsp3) is 0.250. The number of alkyl halides is 6. The second-order valence-electron chi connectivity index (χ2n) is 5.07. The number of benzene rings is 2. The van der Waals surface area contributed by atoms with Gasteiger partial charge in [0.05, 0.1) is 17.2 Å². The number of nitrogens with two attached hydrogens (primary N) is 1. The van der Waals surface area contributed by atoms with Crippen LogP contribution < -0.4 is 10.5 Å². The van der Waals surface area contributed by atoms with E-state index < -0.39 is 35.3 Å². The van der Waals surface area contributed by atoms with Gasteiger partial charge in [0.15, 0.2) is 0 Å². The average molecular weight is 349 g/mol. The molecule has 24 heavy (non-hydrogen) atoms. The summed E-state index contributed by atoms with van der Waals surface area (Å²) in [5.74, 6) is -0.538. The largest absolute Gasteiger partial charge is 0.492 e. The summed E-state index contributed by atoms with van der Waals surface area (Å²) in [5.41, 5.74) is 3.61. The van der Waals surface area contributed by atoms with Gasteiger partial charge in [-0.15, -0.1) is 0 Å². The summed E-state index contributed by atoms with van der Waals surface area (Å²) in [7, 11) is 0. The van der Waals surface area contributed by atoms with Gasteiger partial charge in [0.2, 0.25) is 0 Å². The molecule has 0 aliphatic carbocycles. The topological polar surface area (TPSA) is 35.2 Å². The van der Waals surface area contributed by atoms with Crippen molar-refractivity contribution in [2.24, 2.45) is 5.73 Å². The van der Waals surface area contributed by atoms with E-state index in [1.54, 1.807) is 30.3 Å². The number of hydrogen-bond donors (Lipinski definition) is 1. The van der Waals surface area contributed by atoms with Gasteiger partial charge in [0.25, 0.3) is 0 Å². The SMILES string of the molecule is NC(COc1cc(C(F)(F)F)cc(C(F)(F)F)c1)c1ccccc1. The molecule has 130 valence electrons. The van der Waals surface area contributed by atoms with Crippen LogP contribution in [0.1, 0.15) is 22.7 Å². The minimum atomic E-state index is -4.92. The van der Waals surface area contributed by atoms with Crippen LogP contribution in [0, 0.1) is 0 Å². The van der Waals surface area contributed by atoms with Crippen molar-refractivity contribution < 1.29 is 31.1 Å². The lowest BCUT2D eigenvalue weighted by Gasteiger charge is -2.17. The number of rotatable bonds is 4. The van der Waals surface area contributed by atoms with Crippen LogP contribution in [0.25, 0.3) is 0 Å². The second-order valence-corrected chi connectivity index (χ2v) is 5.07. The van der Waals surface area contributed by atoms with Crippen LogP contribution in [-0.4, -0.2) is 6.61 Å². The monoisotopic (exact) mass is 349 g/mol. The van der Waals surface area contributed by atoms with E-state index in [4.69, 9.17) is 10.5 Å². The van der Waals surface area contributed by atoms with Gasteiger partial charge >= 0.3 is 12.4 Å². The van der Waals surface area contributed by atoms with Gasteiger partial charge in [0.1, 0.15) is 12.4 Å². The first kappa shape index (κ1) is 18.1. The van der Waals surface area contributed by atoms with Crippen LogP contribution in [0.5, 0.6) is 5.75 Å². The number of hydrogen-bond acceptors (Lipinski definition) is 2. The Morgan fingerprint density at radius 3 is 1.79 bits per heavy atom. The van der Waals surface area contributed by atoms with E-state index in [0.717, 1.165) is 0 Å². The van der Waals surface area contributed by atoms with Gasteiger partial charge < -0.3 is 10.5 Å². The molecule has 0 heterocycles. The van der Waals surface area contributed by atoms with E-state index in [2.05, 4.69) is 0 Å². The van der Waals surface area contributed by atoms with Gasteiger partial charge in [0, 0.05) is 0 Å². The Labute approximate surface area is 133 Å². The van der Waals surface area contributed by atoms with Gasteiger partial charge in [-0.3, -0.25) is 0 Å². The highest BCUT2D eigenvalue weighted by Crippen LogP contribution is 2.38. The molecule has 0 fully saturated rings. The van der Waals surface area contributed by atoms with Crippen molar-refractivity contribution in [3.63, 3.8) is 0 Å². The Balaban J connectivity index is 2.23. The Morgan fingerprint density at radius 2 is 1.33 bits per heavy atom. The lowest BCUT2D eigenvalue weighted by Crippen LogP contribution is -2.19. The van der Waals surface area contributed by atoms with E-state index in [1.807, 2.05) is 0 Å². The molecule has 0 radical (unpaired) electrons. The fourth-order valence-corrected chi connectivity index (χ4v) is 1.99. The van der Waals surface area contributed by atoms with Crippen LogP contribution >= 0.6 is 0 Å². The predicted octanol–water partition coefficient (Wildman–Crippen LogP) is 4.80. The molecule has 0 aliphatic heterocycles. The van der Waals surface area contributed by atoms with E-state index in [1.165, 1.54) is 0 Å². The third kappa shape index (κ3) is 4.64. The molecule has 0 saturated heterocycles. The molecule has 2 aromatic rings. The average Bonchev–Trinajstić information content (AvgIpc) is 2.51. The summed E-state index contributed by atoms with van der Waals surface area (Å²) in [6, 6.07) is 8.93. The molecule has 0 aromatic heterocycles. The molecule has 0 spiro atoms. The molecule has 0 aliphatic rings. The van der Waals surface area contributed by atoms with Gasteiger partial charge in [-0.2, -0.15) is 26.3 Å². The smallest absolute Gasteiger partial charge is 0.416 e. The van der Waals surface area contributed by atoms with Crippen LogP contribution in [0.3, 0.4) is 0 Å². The highest BCUT2D eigenvalue weighted by molar-refractivity contribution is 5.37. The van der Waals surface area contributed by atoms with Gasteiger partial charge in [-0.25, -0.2) is 0 Å². The van der Waals surface area contributed by atoms with Crippen molar-refractivity contribution in [1.82, 2.24) is 0 Å². The van der Waals surface area contributed by atoms with Crippen molar-refractivity contribution in [2.75, 3.05) is 6.61 Å². The molecule has 2 rings (SSSR count). The van der Waals surface area contributed by atoms with Crippen molar-refractivity contribution in [3.8, 4) is 5.75 Å². The number of ether oxygens (including phenoxy) is 1. The summed E-state index contributed by atoms with van der Waals surface area (Å²) < 4.78 is 81.6. The van der Waals surface area contributed by atoms with E-state index in [-0.39, 0.29) is 12.7 Å². The summed E-state index contributed by atoms with van der Waals surface area (Å²) in [6.45, 7) is -0.261. The third-order valence-corrected chi connectivity index (χ3v) is 3.22. The van der Waals surface area contributed by atoms with Crippen molar-refractivity contribution >= 4 is 0 Å². The maximum absolute atomic E-state index is 12.8. The zero-order chi connectivity index (χ0) is 18.0. The molecule has 1 atom stereocenters. The molecule has 0 saturated carbocycles. The molecule has 2 nitrogen and oxygen atoms in total. The van der Waals surface area contributed by atoms with Gasteiger partial charge in [-0.1, -0.05) is 30.3 Å². The van der Waals surface area contributed by atoms with Crippen molar-refractivity contribution in [3.05, 3.63) is 65.2 Å². The Hall–Kier alpha value is -2.22. The quantitative estimate of drug-likeness (QED) is 0.805. The summed E-state index contributed by atoms with van der Waals surface area (Å²) in [6.07, 6.45) is -9.83. The summed E-state index contributed by atoms with van der Waals surface area (Å²) in [4.78, 5) is 0.